The summed E-state index contributed by atoms with van der Waals surface area (Å²) in [6.07, 6.45) is 4.34. The lowest BCUT2D eigenvalue weighted by Crippen LogP contribution is -2.32. The topological polar surface area (TPSA) is 82.1 Å². The Morgan fingerprint density at radius 3 is 2.94 bits per heavy atom. The van der Waals surface area contributed by atoms with E-state index in [2.05, 4.69) is 31.0 Å². The van der Waals surface area contributed by atoms with Gasteiger partial charge >= 0.3 is 0 Å². The van der Waals surface area contributed by atoms with Gasteiger partial charge in [-0.3, -0.25) is 0 Å². The van der Waals surface area contributed by atoms with E-state index in [-0.39, 0.29) is 5.82 Å². The lowest BCUT2D eigenvalue weighted by atomic mass is 10.1. The Labute approximate surface area is 181 Å². The van der Waals surface area contributed by atoms with Crippen molar-refractivity contribution in [1.29, 1.82) is 5.26 Å². The van der Waals surface area contributed by atoms with Gasteiger partial charge in [-0.15, -0.1) is 0 Å². The van der Waals surface area contributed by atoms with Crippen molar-refractivity contribution in [2.24, 2.45) is 0 Å². The van der Waals surface area contributed by atoms with Crippen LogP contribution in [-0.2, 0) is 6.42 Å². The standard InChI is InChI=1S/C23H25FN6O/c1-17-7-8-18(15-20(17)24)22-27-21(31-28-22)6-3-10-29-11-4-12-30(14-13-29)23-19(16-25)5-2-9-26-23/h2,5,7-9,15H,3-4,6,10-14H2,1H3. The molecule has 0 saturated carbocycles. The van der Waals surface area contributed by atoms with Gasteiger partial charge in [-0.1, -0.05) is 17.3 Å². The number of anilines is 1. The smallest absolute Gasteiger partial charge is 0.227 e. The van der Waals surface area contributed by atoms with Crippen LogP contribution in [0.3, 0.4) is 0 Å². The summed E-state index contributed by atoms with van der Waals surface area (Å²) in [5.74, 6) is 1.49. The maximum Gasteiger partial charge on any atom is 0.227 e. The average molecular weight is 420 g/mol. The number of rotatable bonds is 6. The van der Waals surface area contributed by atoms with Gasteiger partial charge in [-0.05, 0) is 56.6 Å². The van der Waals surface area contributed by atoms with Crippen molar-refractivity contribution in [3.63, 3.8) is 0 Å². The molecule has 1 aliphatic heterocycles. The van der Waals surface area contributed by atoms with Crippen LogP contribution in [0.5, 0.6) is 0 Å². The number of halogens is 1. The van der Waals surface area contributed by atoms with E-state index in [4.69, 9.17) is 4.52 Å². The van der Waals surface area contributed by atoms with Crippen LogP contribution in [0.2, 0.25) is 0 Å². The Hall–Kier alpha value is -3.31. The molecule has 0 radical (unpaired) electrons. The molecule has 160 valence electrons. The third-order valence-electron chi connectivity index (χ3n) is 5.56. The van der Waals surface area contributed by atoms with E-state index >= 15 is 0 Å². The molecule has 0 amide bonds. The molecule has 1 saturated heterocycles. The Balaban J connectivity index is 1.28. The van der Waals surface area contributed by atoms with Crippen molar-refractivity contribution in [2.75, 3.05) is 37.6 Å². The zero-order valence-electron chi connectivity index (χ0n) is 17.6. The molecule has 7 nitrogen and oxygen atoms in total. The zero-order valence-corrected chi connectivity index (χ0v) is 17.6. The molecule has 0 atom stereocenters. The van der Waals surface area contributed by atoms with Gasteiger partial charge in [0.15, 0.2) is 0 Å². The summed E-state index contributed by atoms with van der Waals surface area (Å²) < 4.78 is 19.1. The van der Waals surface area contributed by atoms with Crippen molar-refractivity contribution < 1.29 is 8.91 Å². The average Bonchev–Trinajstić information content (AvgIpc) is 3.13. The fourth-order valence-electron chi connectivity index (χ4n) is 3.80. The maximum atomic E-state index is 13.8. The molecule has 0 N–H and O–H groups in total. The van der Waals surface area contributed by atoms with Crippen molar-refractivity contribution in [1.82, 2.24) is 20.0 Å². The molecule has 1 aromatic carbocycles. The van der Waals surface area contributed by atoms with E-state index in [1.54, 1.807) is 31.3 Å². The first kappa shape index (κ1) is 20.9. The zero-order chi connectivity index (χ0) is 21.6. The molecule has 8 heteroatoms. The summed E-state index contributed by atoms with van der Waals surface area (Å²) in [4.78, 5) is 13.4. The molecule has 0 bridgehead atoms. The highest BCUT2D eigenvalue weighted by Crippen LogP contribution is 2.20. The Morgan fingerprint density at radius 2 is 2.10 bits per heavy atom. The number of hydrogen-bond acceptors (Lipinski definition) is 7. The second-order valence-corrected chi connectivity index (χ2v) is 7.75. The number of nitrogens with zero attached hydrogens (tertiary/aromatic N) is 6. The van der Waals surface area contributed by atoms with E-state index in [1.807, 2.05) is 6.07 Å². The molecular weight excluding hydrogens is 395 g/mol. The van der Waals surface area contributed by atoms with Gasteiger partial charge in [0.1, 0.15) is 17.7 Å². The van der Waals surface area contributed by atoms with Gasteiger partial charge in [0.2, 0.25) is 11.7 Å². The van der Waals surface area contributed by atoms with E-state index in [9.17, 15) is 9.65 Å². The van der Waals surface area contributed by atoms with Crippen LogP contribution >= 0.6 is 0 Å². The van der Waals surface area contributed by atoms with Crippen LogP contribution in [0.25, 0.3) is 11.4 Å². The van der Waals surface area contributed by atoms with Gasteiger partial charge in [0.25, 0.3) is 0 Å². The summed E-state index contributed by atoms with van der Waals surface area (Å²) in [5.41, 5.74) is 1.84. The highest BCUT2D eigenvalue weighted by atomic mass is 19.1. The monoisotopic (exact) mass is 420 g/mol. The molecular formula is C23H25FN6O. The highest BCUT2D eigenvalue weighted by molar-refractivity contribution is 5.55. The molecule has 0 unspecified atom stereocenters. The van der Waals surface area contributed by atoms with Gasteiger partial charge in [-0.2, -0.15) is 10.2 Å². The van der Waals surface area contributed by atoms with E-state index in [0.29, 0.717) is 34.8 Å². The molecule has 31 heavy (non-hydrogen) atoms. The number of nitriles is 1. The summed E-state index contributed by atoms with van der Waals surface area (Å²) in [7, 11) is 0. The Kier molecular flexibility index (Phi) is 6.53. The Morgan fingerprint density at radius 1 is 1.19 bits per heavy atom. The predicted octanol–water partition coefficient (Wildman–Crippen LogP) is 3.60. The number of aromatic nitrogens is 3. The van der Waals surface area contributed by atoms with Crippen LogP contribution < -0.4 is 4.90 Å². The van der Waals surface area contributed by atoms with E-state index in [0.717, 1.165) is 51.4 Å². The molecule has 0 spiro atoms. The van der Waals surface area contributed by atoms with E-state index in [1.165, 1.54) is 6.07 Å². The SMILES string of the molecule is Cc1ccc(-c2noc(CCCN3CCCN(c4ncccc4C#N)CC3)n2)cc1F. The van der Waals surface area contributed by atoms with Gasteiger partial charge in [0.05, 0.1) is 5.56 Å². The Bertz CT molecular complexity index is 1080. The minimum atomic E-state index is -0.272. The molecule has 3 aromatic rings. The van der Waals surface area contributed by atoms with E-state index < -0.39 is 0 Å². The van der Waals surface area contributed by atoms with Crippen molar-refractivity contribution in [3.05, 3.63) is 59.4 Å². The molecule has 4 rings (SSSR count). The number of aryl methyl sites for hydroxylation is 2. The minimum absolute atomic E-state index is 0.272. The first-order valence-electron chi connectivity index (χ1n) is 10.6. The normalized spacial score (nSPS) is 14.9. The summed E-state index contributed by atoms with van der Waals surface area (Å²) in [6.45, 7) is 6.31. The second kappa shape index (κ2) is 9.67. The predicted molar refractivity (Wildman–Crippen MR) is 115 cm³/mol. The summed E-state index contributed by atoms with van der Waals surface area (Å²) in [5, 5.41) is 13.3. The third kappa shape index (κ3) is 5.06. The minimum Gasteiger partial charge on any atom is -0.354 e. The lowest BCUT2D eigenvalue weighted by Gasteiger charge is -2.23. The first-order valence-corrected chi connectivity index (χ1v) is 10.6. The summed E-state index contributed by atoms with van der Waals surface area (Å²) in [6, 6.07) is 10.8. The number of benzene rings is 1. The van der Waals surface area contributed by atoms with Crippen molar-refractivity contribution >= 4 is 5.82 Å². The second-order valence-electron chi connectivity index (χ2n) is 7.75. The van der Waals surface area contributed by atoms with Crippen LogP contribution in [0, 0.1) is 24.1 Å². The maximum absolute atomic E-state index is 13.8. The van der Waals surface area contributed by atoms with Crippen molar-refractivity contribution in [2.45, 2.75) is 26.2 Å². The largest absolute Gasteiger partial charge is 0.354 e. The van der Waals surface area contributed by atoms with Crippen LogP contribution in [0.1, 0.15) is 29.9 Å². The molecule has 1 aliphatic rings. The number of hydrogen-bond donors (Lipinski definition) is 0. The lowest BCUT2D eigenvalue weighted by molar-refractivity contribution is 0.282. The first-order chi connectivity index (χ1) is 15.1. The number of pyridine rings is 1. The molecule has 0 aliphatic carbocycles. The fourth-order valence-corrected chi connectivity index (χ4v) is 3.80. The molecule has 1 fully saturated rings. The molecule has 3 heterocycles. The highest BCUT2D eigenvalue weighted by Gasteiger charge is 2.18. The van der Waals surface area contributed by atoms with Crippen LogP contribution in [0.15, 0.2) is 41.1 Å². The van der Waals surface area contributed by atoms with Gasteiger partial charge in [-0.25, -0.2) is 9.37 Å². The van der Waals surface area contributed by atoms with Crippen LogP contribution in [0.4, 0.5) is 10.2 Å². The van der Waals surface area contributed by atoms with Gasteiger partial charge < -0.3 is 14.3 Å². The fraction of sp³-hybridized carbons (Fsp3) is 0.391. The molecule has 2 aromatic heterocycles. The summed E-state index contributed by atoms with van der Waals surface area (Å²) >= 11 is 0. The van der Waals surface area contributed by atoms with Crippen LogP contribution in [-0.4, -0.2) is 52.7 Å². The quantitative estimate of drug-likeness (QED) is 0.603. The van der Waals surface area contributed by atoms with Crippen molar-refractivity contribution in [3.8, 4) is 17.5 Å². The van der Waals surface area contributed by atoms with Gasteiger partial charge in [0, 0.05) is 37.8 Å². The third-order valence-corrected chi connectivity index (χ3v) is 5.56.